The number of benzene rings is 2. The van der Waals surface area contributed by atoms with Gasteiger partial charge in [0.05, 0.1) is 11.3 Å². The van der Waals surface area contributed by atoms with Gasteiger partial charge in [-0.3, -0.25) is 4.79 Å². The summed E-state index contributed by atoms with van der Waals surface area (Å²) in [6.45, 7) is 1.92. The molecule has 1 amide bonds. The van der Waals surface area contributed by atoms with E-state index >= 15 is 0 Å². The zero-order chi connectivity index (χ0) is 14.0. The predicted molar refractivity (Wildman–Crippen MR) is 85.9 cm³/mol. The van der Waals surface area contributed by atoms with E-state index in [-0.39, 0.29) is 11.7 Å². The van der Waals surface area contributed by atoms with E-state index in [4.69, 9.17) is 0 Å². The third-order valence-corrected chi connectivity index (χ3v) is 4.13. The molecule has 0 aliphatic carbocycles. The highest BCUT2D eigenvalue weighted by atomic mass is 127. The van der Waals surface area contributed by atoms with Gasteiger partial charge in [0.25, 0.3) is 5.91 Å². The second kappa shape index (κ2) is 6.00. The first kappa shape index (κ1) is 14.5. The van der Waals surface area contributed by atoms with Crippen LogP contribution in [-0.2, 0) is 0 Å². The van der Waals surface area contributed by atoms with E-state index in [1.807, 2.05) is 41.6 Å². The summed E-state index contributed by atoms with van der Waals surface area (Å²) in [4.78, 5) is 12.2. The van der Waals surface area contributed by atoms with Crippen LogP contribution in [-0.4, -0.2) is 5.91 Å². The molecule has 2 aromatic carbocycles. The molecule has 0 aliphatic heterocycles. The molecular formula is C14H10BrFINO. The lowest BCUT2D eigenvalue weighted by Gasteiger charge is -2.09. The third kappa shape index (κ3) is 3.54. The summed E-state index contributed by atoms with van der Waals surface area (Å²) in [5.74, 6) is -0.542. The van der Waals surface area contributed by atoms with E-state index in [0.29, 0.717) is 14.8 Å². The van der Waals surface area contributed by atoms with E-state index in [1.165, 1.54) is 12.1 Å². The molecule has 19 heavy (non-hydrogen) atoms. The predicted octanol–water partition coefficient (Wildman–Crippen LogP) is 4.75. The lowest BCUT2D eigenvalue weighted by atomic mass is 10.1. The quantitative estimate of drug-likeness (QED) is 0.680. The van der Waals surface area contributed by atoms with Crippen LogP contribution in [0.2, 0.25) is 0 Å². The zero-order valence-corrected chi connectivity index (χ0v) is 13.7. The Morgan fingerprint density at radius 3 is 2.68 bits per heavy atom. The van der Waals surface area contributed by atoms with Gasteiger partial charge in [-0.2, -0.15) is 0 Å². The Balaban J connectivity index is 2.28. The minimum atomic E-state index is -0.320. The summed E-state index contributed by atoms with van der Waals surface area (Å²) in [7, 11) is 0. The van der Waals surface area contributed by atoms with Crippen molar-refractivity contribution in [3.63, 3.8) is 0 Å². The van der Waals surface area contributed by atoms with Crippen molar-refractivity contribution in [2.24, 2.45) is 0 Å². The first-order chi connectivity index (χ1) is 8.97. The monoisotopic (exact) mass is 433 g/mol. The molecule has 0 bridgehead atoms. The number of carbonyl (C=O) groups is 1. The number of hydrogen-bond acceptors (Lipinski definition) is 1. The number of halogens is 3. The van der Waals surface area contributed by atoms with Crippen LogP contribution >= 0.6 is 38.5 Å². The maximum Gasteiger partial charge on any atom is 0.256 e. The average molecular weight is 434 g/mol. The fourth-order valence-corrected chi connectivity index (χ4v) is 2.63. The van der Waals surface area contributed by atoms with Crippen LogP contribution in [0.4, 0.5) is 10.1 Å². The molecule has 0 heterocycles. The topological polar surface area (TPSA) is 29.1 Å². The van der Waals surface area contributed by atoms with Crippen molar-refractivity contribution in [1.29, 1.82) is 0 Å². The van der Waals surface area contributed by atoms with Gasteiger partial charge >= 0.3 is 0 Å². The molecule has 2 aromatic rings. The summed E-state index contributed by atoms with van der Waals surface area (Å²) in [5, 5.41) is 2.78. The summed E-state index contributed by atoms with van der Waals surface area (Å²) >= 11 is 5.34. The molecular weight excluding hydrogens is 424 g/mol. The Morgan fingerprint density at radius 1 is 1.26 bits per heavy atom. The molecule has 0 saturated heterocycles. The van der Waals surface area contributed by atoms with Crippen LogP contribution in [0.1, 0.15) is 15.9 Å². The van der Waals surface area contributed by atoms with E-state index in [0.717, 1.165) is 10.0 Å². The molecule has 2 nitrogen and oxygen atoms in total. The normalized spacial score (nSPS) is 10.3. The van der Waals surface area contributed by atoms with Crippen LogP contribution in [0.5, 0.6) is 0 Å². The summed E-state index contributed by atoms with van der Waals surface area (Å²) in [5.41, 5.74) is 2.16. The van der Waals surface area contributed by atoms with Crippen molar-refractivity contribution < 1.29 is 9.18 Å². The molecule has 0 radical (unpaired) electrons. The van der Waals surface area contributed by atoms with Crippen molar-refractivity contribution in [3.8, 4) is 0 Å². The van der Waals surface area contributed by atoms with Gasteiger partial charge in [0, 0.05) is 8.04 Å². The van der Waals surface area contributed by atoms with Gasteiger partial charge < -0.3 is 5.32 Å². The average Bonchev–Trinajstić information content (AvgIpc) is 2.35. The van der Waals surface area contributed by atoms with Gasteiger partial charge in [0.2, 0.25) is 0 Å². The van der Waals surface area contributed by atoms with E-state index in [9.17, 15) is 9.18 Å². The number of rotatable bonds is 2. The Labute approximate surface area is 132 Å². The molecule has 0 saturated carbocycles. The van der Waals surface area contributed by atoms with Gasteiger partial charge in [-0.15, -0.1) is 0 Å². The number of anilines is 1. The van der Waals surface area contributed by atoms with Gasteiger partial charge in [-0.25, -0.2) is 4.39 Å². The molecule has 0 atom stereocenters. The second-order valence-electron chi connectivity index (χ2n) is 4.06. The highest BCUT2D eigenvalue weighted by Crippen LogP contribution is 2.23. The van der Waals surface area contributed by atoms with Crippen LogP contribution < -0.4 is 5.32 Å². The number of hydrogen-bond donors (Lipinski definition) is 1. The first-order valence-electron chi connectivity index (χ1n) is 5.50. The number of amides is 1. The smallest absolute Gasteiger partial charge is 0.256 e. The molecule has 0 spiro atoms. The molecule has 0 aliphatic rings. The highest BCUT2D eigenvalue weighted by Gasteiger charge is 2.12. The SMILES string of the molecule is Cc1ccc(Br)c(C(=O)Nc2ccc(F)cc2I)c1. The minimum absolute atomic E-state index is 0.222. The van der Waals surface area contributed by atoms with Gasteiger partial charge in [-0.1, -0.05) is 11.6 Å². The Bertz CT molecular complexity index is 645. The van der Waals surface area contributed by atoms with Crippen molar-refractivity contribution in [3.05, 3.63) is 61.4 Å². The van der Waals surface area contributed by atoms with Crippen molar-refractivity contribution in [2.45, 2.75) is 6.92 Å². The molecule has 0 unspecified atom stereocenters. The molecule has 1 N–H and O–H groups in total. The van der Waals surface area contributed by atoms with Gasteiger partial charge in [0.1, 0.15) is 5.82 Å². The minimum Gasteiger partial charge on any atom is -0.321 e. The van der Waals surface area contributed by atoms with Crippen molar-refractivity contribution >= 4 is 50.1 Å². The molecule has 98 valence electrons. The van der Waals surface area contributed by atoms with E-state index < -0.39 is 0 Å². The van der Waals surface area contributed by atoms with E-state index in [1.54, 1.807) is 12.1 Å². The van der Waals surface area contributed by atoms with Crippen LogP contribution in [0.15, 0.2) is 40.9 Å². The first-order valence-corrected chi connectivity index (χ1v) is 7.37. The summed E-state index contributed by atoms with van der Waals surface area (Å²) < 4.78 is 14.4. The van der Waals surface area contributed by atoms with Crippen LogP contribution in [0, 0.1) is 16.3 Å². The van der Waals surface area contributed by atoms with Crippen molar-refractivity contribution in [2.75, 3.05) is 5.32 Å². The van der Waals surface area contributed by atoms with Crippen LogP contribution in [0.3, 0.4) is 0 Å². The fraction of sp³-hybridized carbons (Fsp3) is 0.0714. The molecule has 0 aromatic heterocycles. The Morgan fingerprint density at radius 2 is 2.00 bits per heavy atom. The maximum absolute atomic E-state index is 13.0. The van der Waals surface area contributed by atoms with E-state index in [2.05, 4.69) is 21.2 Å². The second-order valence-corrected chi connectivity index (χ2v) is 6.08. The van der Waals surface area contributed by atoms with Gasteiger partial charge in [0.15, 0.2) is 0 Å². The summed E-state index contributed by atoms with van der Waals surface area (Å²) in [6.07, 6.45) is 0. The number of nitrogens with one attached hydrogen (secondary N) is 1. The van der Waals surface area contributed by atoms with Crippen LogP contribution in [0.25, 0.3) is 0 Å². The van der Waals surface area contributed by atoms with Crippen molar-refractivity contribution in [1.82, 2.24) is 0 Å². The lowest BCUT2D eigenvalue weighted by molar-refractivity contribution is 0.102. The zero-order valence-electron chi connectivity index (χ0n) is 10.0. The maximum atomic E-state index is 13.0. The highest BCUT2D eigenvalue weighted by molar-refractivity contribution is 14.1. The fourth-order valence-electron chi connectivity index (χ4n) is 1.59. The molecule has 5 heteroatoms. The number of aryl methyl sites for hydroxylation is 1. The Hall–Kier alpha value is -0.950. The standard InChI is InChI=1S/C14H10BrFINO/c1-8-2-4-11(15)10(6-8)14(19)18-13-5-3-9(16)7-12(13)17/h2-7H,1H3,(H,18,19). The largest absolute Gasteiger partial charge is 0.321 e. The molecule has 0 fully saturated rings. The summed E-state index contributed by atoms with van der Waals surface area (Å²) in [6, 6.07) is 9.81. The Kier molecular flexibility index (Phi) is 4.57. The number of carbonyl (C=O) groups excluding carboxylic acids is 1. The van der Waals surface area contributed by atoms with Gasteiger partial charge in [-0.05, 0) is 75.8 Å². The third-order valence-electron chi connectivity index (χ3n) is 2.55. The molecule has 2 rings (SSSR count). The lowest BCUT2D eigenvalue weighted by Crippen LogP contribution is -2.13.